The zero-order valence-corrected chi connectivity index (χ0v) is 10.3. The highest BCUT2D eigenvalue weighted by Crippen LogP contribution is 2.22. The summed E-state index contributed by atoms with van der Waals surface area (Å²) >= 11 is 2.98. The van der Waals surface area contributed by atoms with Crippen molar-refractivity contribution in [2.75, 3.05) is 7.11 Å². The Hall–Kier alpha value is -1.63. The lowest BCUT2D eigenvalue weighted by atomic mass is 10.3. The van der Waals surface area contributed by atoms with E-state index in [0.717, 1.165) is 10.6 Å². The van der Waals surface area contributed by atoms with Crippen LogP contribution < -0.4 is 5.76 Å². The van der Waals surface area contributed by atoms with E-state index in [2.05, 4.69) is 20.7 Å². The average Bonchev–Trinajstić information content (AvgIpc) is 2.56. The summed E-state index contributed by atoms with van der Waals surface area (Å²) in [6.07, 6.45) is 0. The van der Waals surface area contributed by atoms with Crippen LogP contribution in [0.25, 0.3) is 11.1 Å². The van der Waals surface area contributed by atoms with E-state index in [0.29, 0.717) is 0 Å². The number of rotatable bonds is 2. The lowest BCUT2D eigenvalue weighted by Crippen LogP contribution is -2.20. The standard InChI is InChI=1S/C10H7BrFNO4/c1-16-9(14)4-13-7-3-6(12)5(11)2-8(7)17-10(13)15/h2-3H,4H2,1H3. The van der Waals surface area contributed by atoms with Crippen LogP contribution in [-0.2, 0) is 16.1 Å². The van der Waals surface area contributed by atoms with Gasteiger partial charge < -0.3 is 9.15 Å². The van der Waals surface area contributed by atoms with E-state index in [1.54, 1.807) is 0 Å². The Morgan fingerprint density at radius 2 is 2.29 bits per heavy atom. The number of esters is 1. The minimum atomic E-state index is -0.733. The van der Waals surface area contributed by atoms with Crippen LogP contribution in [-0.4, -0.2) is 17.6 Å². The van der Waals surface area contributed by atoms with Crippen LogP contribution in [0.2, 0.25) is 0 Å². The Bertz CT molecular complexity index is 646. The molecule has 0 aliphatic heterocycles. The minimum Gasteiger partial charge on any atom is -0.468 e. The molecule has 0 saturated heterocycles. The normalized spacial score (nSPS) is 10.8. The van der Waals surface area contributed by atoms with Gasteiger partial charge in [0.25, 0.3) is 0 Å². The molecular formula is C10H7BrFNO4. The summed E-state index contributed by atoms with van der Waals surface area (Å²) in [7, 11) is 1.20. The maximum atomic E-state index is 13.3. The molecule has 0 bridgehead atoms. The molecule has 17 heavy (non-hydrogen) atoms. The first-order valence-corrected chi connectivity index (χ1v) is 5.37. The van der Waals surface area contributed by atoms with Crippen molar-refractivity contribution in [1.82, 2.24) is 4.57 Å². The number of oxazole rings is 1. The van der Waals surface area contributed by atoms with Gasteiger partial charge in [-0.25, -0.2) is 9.18 Å². The molecule has 90 valence electrons. The number of hydrogen-bond acceptors (Lipinski definition) is 4. The maximum Gasteiger partial charge on any atom is 0.420 e. The largest absolute Gasteiger partial charge is 0.468 e. The van der Waals surface area contributed by atoms with Gasteiger partial charge in [0.05, 0.1) is 17.1 Å². The van der Waals surface area contributed by atoms with Gasteiger partial charge in [-0.05, 0) is 15.9 Å². The maximum absolute atomic E-state index is 13.3. The summed E-state index contributed by atoms with van der Waals surface area (Å²) in [6.45, 7) is -0.316. The Balaban J connectivity index is 2.62. The van der Waals surface area contributed by atoms with Crippen LogP contribution in [0.1, 0.15) is 0 Å². The third-order valence-corrected chi connectivity index (χ3v) is 2.83. The first-order valence-electron chi connectivity index (χ1n) is 4.58. The number of methoxy groups -OCH3 is 1. The van der Waals surface area contributed by atoms with Crippen LogP contribution in [0.4, 0.5) is 4.39 Å². The fourth-order valence-electron chi connectivity index (χ4n) is 1.40. The summed E-state index contributed by atoms with van der Waals surface area (Å²) in [5.74, 6) is -1.89. The zero-order valence-electron chi connectivity index (χ0n) is 8.70. The van der Waals surface area contributed by atoms with Crippen molar-refractivity contribution in [2.24, 2.45) is 0 Å². The van der Waals surface area contributed by atoms with E-state index < -0.39 is 17.5 Å². The fourth-order valence-corrected chi connectivity index (χ4v) is 1.72. The number of aromatic nitrogens is 1. The van der Waals surface area contributed by atoms with E-state index in [-0.39, 0.29) is 22.1 Å². The highest BCUT2D eigenvalue weighted by molar-refractivity contribution is 9.10. The predicted octanol–water partition coefficient (Wildman–Crippen LogP) is 1.67. The molecule has 1 aromatic carbocycles. The number of ether oxygens (including phenoxy) is 1. The molecule has 0 atom stereocenters. The van der Waals surface area contributed by atoms with Crippen LogP contribution in [0.15, 0.2) is 25.8 Å². The van der Waals surface area contributed by atoms with E-state index in [9.17, 15) is 14.0 Å². The molecule has 0 amide bonds. The first kappa shape index (κ1) is 11.8. The van der Waals surface area contributed by atoms with Crippen LogP contribution in [0, 0.1) is 5.82 Å². The number of carbonyl (C=O) groups excluding carboxylic acids is 1. The summed E-state index contributed by atoms with van der Waals surface area (Å²) in [5.41, 5.74) is 0.410. The monoisotopic (exact) mass is 303 g/mol. The number of fused-ring (bicyclic) bond motifs is 1. The molecule has 0 unspecified atom stereocenters. The van der Waals surface area contributed by atoms with Crippen LogP contribution in [0.3, 0.4) is 0 Å². The third kappa shape index (κ3) is 2.10. The lowest BCUT2D eigenvalue weighted by Gasteiger charge is -2.00. The van der Waals surface area contributed by atoms with Gasteiger partial charge in [-0.1, -0.05) is 0 Å². The Morgan fingerprint density at radius 1 is 1.59 bits per heavy atom. The molecule has 0 fully saturated rings. The quantitative estimate of drug-likeness (QED) is 0.792. The predicted molar refractivity (Wildman–Crippen MR) is 60.1 cm³/mol. The zero-order chi connectivity index (χ0) is 12.6. The summed E-state index contributed by atoms with van der Waals surface area (Å²) < 4.78 is 23.9. The number of nitrogens with zero attached hydrogens (tertiary/aromatic N) is 1. The second kappa shape index (κ2) is 4.33. The Morgan fingerprint density at radius 3 is 2.94 bits per heavy atom. The van der Waals surface area contributed by atoms with Gasteiger partial charge in [-0.15, -0.1) is 0 Å². The molecule has 0 radical (unpaired) electrons. The van der Waals surface area contributed by atoms with Gasteiger partial charge in [0.2, 0.25) is 0 Å². The highest BCUT2D eigenvalue weighted by atomic mass is 79.9. The van der Waals surface area contributed by atoms with Crippen molar-refractivity contribution < 1.29 is 18.3 Å². The van der Waals surface area contributed by atoms with Gasteiger partial charge in [0, 0.05) is 12.1 Å². The first-order chi connectivity index (χ1) is 8.02. The second-order valence-corrected chi connectivity index (χ2v) is 4.12. The molecule has 5 nitrogen and oxygen atoms in total. The Kier molecular flexibility index (Phi) is 3.01. The van der Waals surface area contributed by atoms with Crippen molar-refractivity contribution in [1.29, 1.82) is 0 Å². The molecular weight excluding hydrogens is 297 g/mol. The fraction of sp³-hybridized carbons (Fsp3) is 0.200. The van der Waals surface area contributed by atoms with Gasteiger partial charge in [0.15, 0.2) is 5.58 Å². The molecule has 7 heteroatoms. The van der Waals surface area contributed by atoms with E-state index in [1.165, 1.54) is 13.2 Å². The SMILES string of the molecule is COC(=O)Cn1c(=O)oc2cc(Br)c(F)cc21. The molecule has 0 saturated carbocycles. The smallest absolute Gasteiger partial charge is 0.420 e. The van der Waals surface area contributed by atoms with Gasteiger partial charge in [-0.2, -0.15) is 0 Å². The molecule has 0 spiro atoms. The third-order valence-electron chi connectivity index (χ3n) is 2.23. The van der Waals surface area contributed by atoms with E-state index >= 15 is 0 Å². The average molecular weight is 304 g/mol. The molecule has 0 aliphatic rings. The number of halogens is 2. The summed E-state index contributed by atoms with van der Waals surface area (Å²) in [4.78, 5) is 22.6. The Labute approximate surface area is 103 Å². The molecule has 1 heterocycles. The van der Waals surface area contributed by atoms with Gasteiger partial charge in [-0.3, -0.25) is 9.36 Å². The summed E-state index contributed by atoms with van der Waals surface area (Å²) in [5, 5.41) is 0. The topological polar surface area (TPSA) is 61.4 Å². The lowest BCUT2D eigenvalue weighted by molar-refractivity contribution is -0.141. The number of benzene rings is 1. The van der Waals surface area contributed by atoms with Crippen molar-refractivity contribution in [3.8, 4) is 0 Å². The second-order valence-electron chi connectivity index (χ2n) is 3.26. The van der Waals surface area contributed by atoms with Crippen molar-refractivity contribution in [2.45, 2.75) is 6.54 Å². The van der Waals surface area contributed by atoms with Crippen molar-refractivity contribution in [3.63, 3.8) is 0 Å². The van der Waals surface area contributed by atoms with E-state index in [1.807, 2.05) is 0 Å². The molecule has 0 aliphatic carbocycles. The number of carbonyl (C=O) groups is 1. The molecule has 2 rings (SSSR count). The van der Waals surface area contributed by atoms with Crippen molar-refractivity contribution in [3.05, 3.63) is 33.0 Å². The van der Waals surface area contributed by atoms with Crippen molar-refractivity contribution >= 4 is 33.0 Å². The van der Waals surface area contributed by atoms with E-state index in [4.69, 9.17) is 4.42 Å². The van der Waals surface area contributed by atoms with Crippen LogP contribution >= 0.6 is 15.9 Å². The van der Waals surface area contributed by atoms with Gasteiger partial charge in [0.1, 0.15) is 12.4 Å². The molecule has 0 N–H and O–H groups in total. The van der Waals surface area contributed by atoms with Gasteiger partial charge >= 0.3 is 11.7 Å². The highest BCUT2D eigenvalue weighted by Gasteiger charge is 2.15. The molecule has 2 aromatic rings. The van der Waals surface area contributed by atoms with Crippen LogP contribution in [0.5, 0.6) is 0 Å². The number of hydrogen-bond donors (Lipinski definition) is 0. The summed E-state index contributed by atoms with van der Waals surface area (Å²) in [6, 6.07) is 2.45. The minimum absolute atomic E-state index is 0.184. The molecule has 1 aromatic heterocycles.